The standard InChI is InChI=1S/C17H19N3O2/c1-13-5-7-14(8-6-13)11-19-16(21)10-17(22)20-12-15-4-2-3-9-18-15/h2-9H,10-12H2,1H3,(H,19,21)(H,20,22). The van der Waals surface area contributed by atoms with E-state index in [4.69, 9.17) is 0 Å². The van der Waals surface area contributed by atoms with Crippen molar-refractivity contribution in [1.82, 2.24) is 15.6 Å². The molecule has 5 heteroatoms. The van der Waals surface area contributed by atoms with Gasteiger partial charge in [0.1, 0.15) is 6.42 Å². The fraction of sp³-hybridized carbons (Fsp3) is 0.235. The lowest BCUT2D eigenvalue weighted by Gasteiger charge is -2.07. The van der Waals surface area contributed by atoms with Crippen LogP contribution in [-0.2, 0) is 22.7 Å². The van der Waals surface area contributed by atoms with Crippen molar-refractivity contribution in [3.05, 3.63) is 65.5 Å². The van der Waals surface area contributed by atoms with Gasteiger partial charge in [0.2, 0.25) is 11.8 Å². The van der Waals surface area contributed by atoms with Gasteiger partial charge >= 0.3 is 0 Å². The summed E-state index contributed by atoms with van der Waals surface area (Å²) < 4.78 is 0. The van der Waals surface area contributed by atoms with Gasteiger partial charge in [0.15, 0.2) is 0 Å². The first-order chi connectivity index (χ1) is 10.6. The summed E-state index contributed by atoms with van der Waals surface area (Å²) in [6.07, 6.45) is 1.48. The van der Waals surface area contributed by atoms with Gasteiger partial charge in [0.25, 0.3) is 0 Å². The third kappa shape index (κ3) is 5.36. The van der Waals surface area contributed by atoms with Crippen molar-refractivity contribution >= 4 is 11.8 Å². The Morgan fingerprint density at radius 1 is 0.955 bits per heavy atom. The number of aryl methyl sites for hydroxylation is 1. The van der Waals surface area contributed by atoms with Gasteiger partial charge in [-0.2, -0.15) is 0 Å². The molecule has 2 aromatic rings. The highest BCUT2D eigenvalue weighted by atomic mass is 16.2. The summed E-state index contributed by atoms with van der Waals surface area (Å²) in [6, 6.07) is 13.4. The Bertz CT molecular complexity index is 624. The number of benzene rings is 1. The molecule has 0 saturated heterocycles. The van der Waals surface area contributed by atoms with Crippen LogP contribution in [0, 0.1) is 6.92 Å². The van der Waals surface area contributed by atoms with Gasteiger partial charge in [0, 0.05) is 12.7 Å². The van der Waals surface area contributed by atoms with Crippen molar-refractivity contribution in [1.29, 1.82) is 0 Å². The summed E-state index contributed by atoms with van der Waals surface area (Å²) >= 11 is 0. The highest BCUT2D eigenvalue weighted by molar-refractivity contribution is 5.96. The van der Waals surface area contributed by atoms with E-state index in [0.29, 0.717) is 13.1 Å². The molecule has 0 aliphatic heterocycles. The Labute approximate surface area is 129 Å². The molecule has 22 heavy (non-hydrogen) atoms. The number of nitrogens with zero attached hydrogens (tertiary/aromatic N) is 1. The molecule has 0 aliphatic rings. The first kappa shape index (κ1) is 15.7. The van der Waals surface area contributed by atoms with Gasteiger partial charge in [-0.1, -0.05) is 35.9 Å². The van der Waals surface area contributed by atoms with E-state index in [2.05, 4.69) is 15.6 Å². The monoisotopic (exact) mass is 297 g/mol. The molecular weight excluding hydrogens is 278 g/mol. The quantitative estimate of drug-likeness (QED) is 0.797. The molecular formula is C17H19N3O2. The van der Waals surface area contributed by atoms with Crippen LogP contribution in [0.5, 0.6) is 0 Å². The molecule has 0 saturated carbocycles. The van der Waals surface area contributed by atoms with Crippen LogP contribution in [0.1, 0.15) is 23.2 Å². The van der Waals surface area contributed by atoms with Crippen molar-refractivity contribution in [2.24, 2.45) is 0 Å². The Morgan fingerprint density at radius 2 is 1.64 bits per heavy atom. The summed E-state index contributed by atoms with van der Waals surface area (Å²) in [6.45, 7) is 2.76. The second-order valence-corrected chi connectivity index (χ2v) is 5.04. The van der Waals surface area contributed by atoms with Crippen molar-refractivity contribution in [2.75, 3.05) is 0 Å². The van der Waals surface area contributed by atoms with Crippen LogP contribution < -0.4 is 10.6 Å². The molecule has 0 unspecified atom stereocenters. The number of amides is 2. The minimum atomic E-state index is -0.313. The highest BCUT2D eigenvalue weighted by Crippen LogP contribution is 2.02. The topological polar surface area (TPSA) is 71.1 Å². The fourth-order valence-electron chi connectivity index (χ4n) is 1.87. The molecule has 2 N–H and O–H groups in total. The third-order valence-corrected chi connectivity index (χ3v) is 3.12. The van der Waals surface area contributed by atoms with Crippen LogP contribution in [0.15, 0.2) is 48.7 Å². The first-order valence-corrected chi connectivity index (χ1v) is 7.12. The maximum absolute atomic E-state index is 11.7. The average molecular weight is 297 g/mol. The van der Waals surface area contributed by atoms with Gasteiger partial charge < -0.3 is 10.6 Å². The Kier molecular flexibility index (Phi) is 5.65. The number of aromatic nitrogens is 1. The number of carbonyl (C=O) groups is 2. The van der Waals surface area contributed by atoms with Crippen LogP contribution in [0.4, 0.5) is 0 Å². The van der Waals surface area contributed by atoms with Gasteiger partial charge in [-0.3, -0.25) is 14.6 Å². The smallest absolute Gasteiger partial charge is 0.229 e. The lowest BCUT2D eigenvalue weighted by Crippen LogP contribution is -2.31. The third-order valence-electron chi connectivity index (χ3n) is 3.12. The van der Waals surface area contributed by atoms with E-state index in [1.165, 1.54) is 5.56 Å². The zero-order valence-corrected chi connectivity index (χ0v) is 12.5. The highest BCUT2D eigenvalue weighted by Gasteiger charge is 2.09. The normalized spacial score (nSPS) is 10.0. The molecule has 0 radical (unpaired) electrons. The number of pyridine rings is 1. The van der Waals surface area contributed by atoms with Crippen LogP contribution in [0.2, 0.25) is 0 Å². The molecule has 0 fully saturated rings. The molecule has 0 bridgehead atoms. The van der Waals surface area contributed by atoms with E-state index < -0.39 is 0 Å². The molecule has 1 heterocycles. The summed E-state index contributed by atoms with van der Waals surface area (Å²) in [5.74, 6) is -0.605. The lowest BCUT2D eigenvalue weighted by atomic mass is 10.1. The Morgan fingerprint density at radius 3 is 2.27 bits per heavy atom. The summed E-state index contributed by atoms with van der Waals surface area (Å²) in [4.78, 5) is 27.5. The predicted molar refractivity (Wildman–Crippen MR) is 83.7 cm³/mol. The predicted octanol–water partition coefficient (Wildman–Crippen LogP) is 1.71. The van der Waals surface area contributed by atoms with Crippen LogP contribution in [-0.4, -0.2) is 16.8 Å². The largest absolute Gasteiger partial charge is 0.352 e. The molecule has 2 rings (SSSR count). The molecule has 1 aromatic carbocycles. The van der Waals surface area contributed by atoms with Gasteiger partial charge in [-0.15, -0.1) is 0 Å². The number of hydrogen-bond acceptors (Lipinski definition) is 3. The average Bonchev–Trinajstić information content (AvgIpc) is 2.53. The molecule has 2 amide bonds. The van der Waals surface area contributed by atoms with Crippen LogP contribution in [0.25, 0.3) is 0 Å². The van der Waals surface area contributed by atoms with Crippen LogP contribution in [0.3, 0.4) is 0 Å². The summed E-state index contributed by atoms with van der Waals surface area (Å²) in [7, 11) is 0. The van der Waals surface area contributed by atoms with E-state index in [1.54, 1.807) is 6.20 Å². The minimum absolute atomic E-state index is 0.182. The molecule has 0 atom stereocenters. The molecule has 114 valence electrons. The second-order valence-electron chi connectivity index (χ2n) is 5.04. The van der Waals surface area contributed by atoms with E-state index in [9.17, 15) is 9.59 Å². The Hall–Kier alpha value is -2.69. The van der Waals surface area contributed by atoms with E-state index >= 15 is 0 Å². The summed E-state index contributed by atoms with van der Waals surface area (Å²) in [5.41, 5.74) is 2.94. The minimum Gasteiger partial charge on any atom is -0.352 e. The van der Waals surface area contributed by atoms with Gasteiger partial charge in [-0.05, 0) is 24.6 Å². The van der Waals surface area contributed by atoms with E-state index in [-0.39, 0.29) is 18.2 Å². The Balaban J connectivity index is 1.70. The van der Waals surface area contributed by atoms with E-state index in [0.717, 1.165) is 11.3 Å². The van der Waals surface area contributed by atoms with Gasteiger partial charge in [0.05, 0.1) is 12.2 Å². The first-order valence-electron chi connectivity index (χ1n) is 7.12. The fourth-order valence-corrected chi connectivity index (χ4v) is 1.87. The maximum atomic E-state index is 11.7. The lowest BCUT2D eigenvalue weighted by molar-refractivity contribution is -0.129. The molecule has 0 aliphatic carbocycles. The SMILES string of the molecule is Cc1ccc(CNC(=O)CC(=O)NCc2ccccn2)cc1. The zero-order chi connectivity index (χ0) is 15.8. The zero-order valence-electron chi connectivity index (χ0n) is 12.5. The van der Waals surface area contributed by atoms with Gasteiger partial charge in [-0.25, -0.2) is 0 Å². The van der Waals surface area contributed by atoms with Crippen molar-refractivity contribution in [3.8, 4) is 0 Å². The summed E-state index contributed by atoms with van der Waals surface area (Å²) in [5, 5.41) is 5.41. The number of rotatable bonds is 6. The number of hydrogen-bond donors (Lipinski definition) is 2. The molecule has 1 aromatic heterocycles. The molecule has 0 spiro atoms. The van der Waals surface area contributed by atoms with E-state index in [1.807, 2.05) is 49.4 Å². The number of nitrogens with one attached hydrogen (secondary N) is 2. The maximum Gasteiger partial charge on any atom is 0.229 e. The van der Waals surface area contributed by atoms with Crippen molar-refractivity contribution < 1.29 is 9.59 Å². The number of carbonyl (C=O) groups excluding carboxylic acids is 2. The van der Waals surface area contributed by atoms with Crippen molar-refractivity contribution in [3.63, 3.8) is 0 Å². The second kappa shape index (κ2) is 7.93. The molecule has 5 nitrogen and oxygen atoms in total. The van der Waals surface area contributed by atoms with Crippen LogP contribution >= 0.6 is 0 Å². The van der Waals surface area contributed by atoms with Crippen molar-refractivity contribution in [2.45, 2.75) is 26.4 Å².